The maximum absolute atomic E-state index is 11.8. The molecule has 108 valence electrons. The van der Waals surface area contributed by atoms with Gasteiger partial charge in [0.1, 0.15) is 0 Å². The van der Waals surface area contributed by atoms with Crippen LogP contribution in [0, 0.1) is 0 Å². The number of nitrogens with two attached hydrogens (primary N) is 1. The monoisotopic (exact) mass is 275 g/mol. The van der Waals surface area contributed by atoms with Gasteiger partial charge in [0.2, 0.25) is 0 Å². The summed E-state index contributed by atoms with van der Waals surface area (Å²) in [7, 11) is 1.46. The second-order valence-corrected chi connectivity index (χ2v) is 5.66. The molecule has 1 aromatic rings. The highest BCUT2D eigenvalue weighted by molar-refractivity contribution is 5.69. The number of benzene rings is 1. The molecule has 1 aromatic carbocycles. The number of nitrogens with zero attached hydrogens (tertiary/aromatic N) is 1. The van der Waals surface area contributed by atoms with Crippen molar-refractivity contribution in [1.29, 1.82) is 0 Å². The SMILES string of the molecule is COC(=O)N1[C@@H]2CC[C@H]1CC(Nc1ccccc1N)C2. The van der Waals surface area contributed by atoms with Crippen LogP contribution in [0.5, 0.6) is 0 Å². The lowest BCUT2D eigenvalue weighted by Crippen LogP contribution is -2.49. The van der Waals surface area contributed by atoms with Crippen molar-refractivity contribution in [3.63, 3.8) is 0 Å². The van der Waals surface area contributed by atoms with Crippen molar-refractivity contribution in [3.05, 3.63) is 24.3 Å². The lowest BCUT2D eigenvalue weighted by molar-refractivity contribution is 0.0833. The van der Waals surface area contributed by atoms with Crippen molar-refractivity contribution in [2.45, 2.75) is 43.8 Å². The number of amides is 1. The van der Waals surface area contributed by atoms with Crippen LogP contribution in [0.2, 0.25) is 0 Å². The number of para-hydroxylation sites is 2. The Balaban J connectivity index is 1.69. The van der Waals surface area contributed by atoms with E-state index in [1.165, 1.54) is 7.11 Å². The van der Waals surface area contributed by atoms with Crippen molar-refractivity contribution in [3.8, 4) is 0 Å². The molecule has 0 aliphatic carbocycles. The van der Waals surface area contributed by atoms with Crippen molar-refractivity contribution < 1.29 is 9.53 Å². The number of fused-ring (bicyclic) bond motifs is 2. The summed E-state index contributed by atoms with van der Waals surface area (Å²) in [6.45, 7) is 0. The Morgan fingerprint density at radius 2 is 1.95 bits per heavy atom. The molecule has 0 radical (unpaired) electrons. The average molecular weight is 275 g/mol. The number of anilines is 2. The lowest BCUT2D eigenvalue weighted by Gasteiger charge is -2.38. The van der Waals surface area contributed by atoms with E-state index in [1.807, 2.05) is 29.2 Å². The van der Waals surface area contributed by atoms with E-state index in [2.05, 4.69) is 5.32 Å². The van der Waals surface area contributed by atoms with Crippen molar-refractivity contribution in [2.24, 2.45) is 0 Å². The number of hydrogen-bond acceptors (Lipinski definition) is 4. The van der Waals surface area contributed by atoms with Gasteiger partial charge in [0.25, 0.3) is 0 Å². The molecule has 3 atom stereocenters. The summed E-state index contributed by atoms with van der Waals surface area (Å²) in [6.07, 6.45) is 3.87. The van der Waals surface area contributed by atoms with Gasteiger partial charge in [0.15, 0.2) is 0 Å². The molecule has 20 heavy (non-hydrogen) atoms. The van der Waals surface area contributed by atoms with E-state index in [0.717, 1.165) is 37.1 Å². The Hall–Kier alpha value is -1.91. The van der Waals surface area contributed by atoms with E-state index in [4.69, 9.17) is 10.5 Å². The number of piperidine rings is 1. The Kier molecular flexibility index (Phi) is 3.42. The van der Waals surface area contributed by atoms with E-state index >= 15 is 0 Å². The van der Waals surface area contributed by atoms with Gasteiger partial charge < -0.3 is 20.7 Å². The number of methoxy groups -OCH3 is 1. The summed E-state index contributed by atoms with van der Waals surface area (Å²) < 4.78 is 4.89. The van der Waals surface area contributed by atoms with E-state index < -0.39 is 0 Å². The fourth-order valence-corrected chi connectivity index (χ4v) is 3.55. The third kappa shape index (κ3) is 2.28. The summed E-state index contributed by atoms with van der Waals surface area (Å²) in [4.78, 5) is 13.7. The molecule has 2 aliphatic rings. The molecule has 2 fully saturated rings. The van der Waals surface area contributed by atoms with Gasteiger partial charge in [-0.1, -0.05) is 12.1 Å². The minimum absolute atomic E-state index is 0.185. The second kappa shape index (κ2) is 5.23. The Bertz CT molecular complexity index is 492. The van der Waals surface area contributed by atoms with Crippen LogP contribution in [0.3, 0.4) is 0 Å². The molecule has 2 bridgehead atoms. The van der Waals surface area contributed by atoms with Crippen LogP contribution in [0.15, 0.2) is 24.3 Å². The first-order valence-corrected chi connectivity index (χ1v) is 7.16. The molecule has 3 N–H and O–H groups in total. The fourth-order valence-electron chi connectivity index (χ4n) is 3.55. The zero-order chi connectivity index (χ0) is 14.1. The minimum Gasteiger partial charge on any atom is -0.453 e. The number of nitrogen functional groups attached to an aromatic ring is 1. The van der Waals surface area contributed by atoms with Gasteiger partial charge in [-0.15, -0.1) is 0 Å². The van der Waals surface area contributed by atoms with Crippen LogP contribution in [-0.4, -0.2) is 36.2 Å². The molecular weight excluding hydrogens is 254 g/mol. The smallest absolute Gasteiger partial charge is 0.409 e. The standard InChI is InChI=1S/C15H21N3O2/c1-20-15(19)18-11-6-7-12(18)9-10(8-11)17-14-5-3-2-4-13(14)16/h2-5,10-12,17H,6-9,16H2,1H3/t10?,11-,12+. The Labute approximate surface area is 119 Å². The van der Waals surface area contributed by atoms with Crippen LogP contribution in [0.25, 0.3) is 0 Å². The second-order valence-electron chi connectivity index (χ2n) is 5.66. The van der Waals surface area contributed by atoms with E-state index in [-0.39, 0.29) is 6.09 Å². The summed E-state index contributed by atoms with van der Waals surface area (Å²) in [5, 5.41) is 3.52. The molecule has 2 saturated heterocycles. The van der Waals surface area contributed by atoms with Crippen molar-refractivity contribution in [1.82, 2.24) is 4.90 Å². The van der Waals surface area contributed by atoms with E-state index in [9.17, 15) is 4.79 Å². The first kappa shape index (κ1) is 13.1. The molecule has 0 aromatic heterocycles. The predicted octanol–water partition coefficient (Wildman–Crippen LogP) is 2.44. The van der Waals surface area contributed by atoms with E-state index in [0.29, 0.717) is 18.1 Å². The number of nitrogens with one attached hydrogen (secondary N) is 1. The van der Waals surface area contributed by atoms with Gasteiger partial charge in [-0.25, -0.2) is 4.79 Å². The number of rotatable bonds is 2. The lowest BCUT2D eigenvalue weighted by atomic mass is 9.97. The van der Waals surface area contributed by atoms with Crippen LogP contribution in [0.4, 0.5) is 16.2 Å². The number of carbonyl (C=O) groups is 1. The van der Waals surface area contributed by atoms with Gasteiger partial charge >= 0.3 is 6.09 Å². The highest BCUT2D eigenvalue weighted by Crippen LogP contribution is 2.37. The van der Waals surface area contributed by atoms with Gasteiger partial charge in [-0.05, 0) is 37.8 Å². The highest BCUT2D eigenvalue weighted by atomic mass is 16.5. The van der Waals surface area contributed by atoms with Crippen molar-refractivity contribution in [2.75, 3.05) is 18.2 Å². The first-order valence-electron chi connectivity index (χ1n) is 7.16. The normalized spacial score (nSPS) is 28.2. The molecule has 5 nitrogen and oxygen atoms in total. The molecule has 1 amide bonds. The summed E-state index contributed by atoms with van der Waals surface area (Å²) in [6, 6.07) is 8.79. The Morgan fingerprint density at radius 3 is 2.55 bits per heavy atom. The quantitative estimate of drug-likeness (QED) is 0.813. The first-order chi connectivity index (χ1) is 9.69. The largest absolute Gasteiger partial charge is 0.453 e. The summed E-state index contributed by atoms with van der Waals surface area (Å²) >= 11 is 0. The van der Waals surface area contributed by atoms with Crippen molar-refractivity contribution >= 4 is 17.5 Å². The topological polar surface area (TPSA) is 67.6 Å². The summed E-state index contributed by atoms with van der Waals surface area (Å²) in [5.74, 6) is 0. The van der Waals surface area contributed by atoms with Gasteiger partial charge in [0, 0.05) is 18.1 Å². The molecule has 5 heteroatoms. The van der Waals surface area contributed by atoms with Crippen LogP contribution >= 0.6 is 0 Å². The highest BCUT2D eigenvalue weighted by Gasteiger charge is 2.43. The number of carbonyl (C=O) groups excluding carboxylic acids is 1. The van der Waals surface area contributed by atoms with Crippen LogP contribution in [0.1, 0.15) is 25.7 Å². The van der Waals surface area contributed by atoms with Gasteiger partial charge in [-0.3, -0.25) is 0 Å². The average Bonchev–Trinajstić information content (AvgIpc) is 2.72. The predicted molar refractivity (Wildman–Crippen MR) is 78.6 cm³/mol. The molecule has 2 aliphatic heterocycles. The molecule has 0 spiro atoms. The number of hydrogen-bond donors (Lipinski definition) is 2. The maximum Gasteiger partial charge on any atom is 0.409 e. The molecular formula is C15H21N3O2. The zero-order valence-electron chi connectivity index (χ0n) is 11.7. The molecule has 1 unspecified atom stereocenters. The van der Waals surface area contributed by atoms with E-state index in [1.54, 1.807) is 0 Å². The van der Waals surface area contributed by atoms with Crippen LogP contribution < -0.4 is 11.1 Å². The minimum atomic E-state index is -0.185. The third-order valence-electron chi connectivity index (χ3n) is 4.44. The molecule has 0 saturated carbocycles. The van der Waals surface area contributed by atoms with Crippen LogP contribution in [-0.2, 0) is 4.74 Å². The van der Waals surface area contributed by atoms with Gasteiger partial charge in [-0.2, -0.15) is 0 Å². The fraction of sp³-hybridized carbons (Fsp3) is 0.533. The number of ether oxygens (including phenoxy) is 1. The van der Waals surface area contributed by atoms with Gasteiger partial charge in [0.05, 0.1) is 18.5 Å². The maximum atomic E-state index is 11.8. The molecule has 2 heterocycles. The third-order valence-corrected chi connectivity index (χ3v) is 4.44. The Morgan fingerprint density at radius 1 is 1.30 bits per heavy atom. The zero-order valence-corrected chi connectivity index (χ0v) is 11.7. The summed E-state index contributed by atoms with van der Waals surface area (Å²) in [5.41, 5.74) is 7.74. The molecule has 3 rings (SSSR count).